The summed E-state index contributed by atoms with van der Waals surface area (Å²) in [5, 5.41) is 3.60. The lowest BCUT2D eigenvalue weighted by atomic mass is 9.70. The van der Waals surface area contributed by atoms with Gasteiger partial charge in [-0.15, -0.1) is 0 Å². The van der Waals surface area contributed by atoms with Crippen LogP contribution in [-0.2, 0) is 21.6 Å². The number of halogens is 3. The summed E-state index contributed by atoms with van der Waals surface area (Å²) in [7, 11) is 1.35. The van der Waals surface area contributed by atoms with Crippen molar-refractivity contribution in [2.45, 2.75) is 57.7 Å². The summed E-state index contributed by atoms with van der Waals surface area (Å²) < 4.78 is 23.3. The number of nitrogens with zero attached hydrogens (tertiary/aromatic N) is 3. The molecular weight excluding hydrogens is 590 g/mol. The Morgan fingerprint density at radius 1 is 1.19 bits per heavy atom. The number of benzene rings is 3. The molecular formula is C33H33Cl2FN4O3. The number of hydrogen-bond acceptors (Lipinski definition) is 5. The molecule has 4 aromatic rings. The minimum absolute atomic E-state index is 0. The third-order valence-electron chi connectivity index (χ3n) is 9.09. The topological polar surface area (TPSA) is 76.5 Å². The number of ether oxygens (including phenoxy) is 1. The van der Waals surface area contributed by atoms with Gasteiger partial charge in [0.1, 0.15) is 17.2 Å². The maximum Gasteiger partial charge on any atom is 0.337 e. The number of carbonyl (C=O) groups excluding carboxylic acids is 2. The summed E-state index contributed by atoms with van der Waals surface area (Å²) in [5.74, 6) is -1.22. The lowest BCUT2D eigenvalue weighted by Gasteiger charge is -2.40. The average Bonchev–Trinajstić information content (AvgIpc) is 3.57. The van der Waals surface area contributed by atoms with Crippen molar-refractivity contribution in [1.29, 1.82) is 0 Å². The molecule has 7 nitrogen and oxygen atoms in total. The van der Waals surface area contributed by atoms with Crippen LogP contribution in [0.25, 0.3) is 11.0 Å². The highest BCUT2D eigenvalue weighted by molar-refractivity contribution is 6.31. The Kier molecular flexibility index (Phi) is 7.31. The first-order chi connectivity index (χ1) is 20.2. The Balaban J connectivity index is 0.00000329. The maximum absolute atomic E-state index is 16.2. The fraction of sp³-hybridized carbons (Fsp3) is 0.364. The number of likely N-dealkylation sites (tertiary alicyclic amines) is 1. The molecule has 3 aliphatic rings. The lowest BCUT2D eigenvalue weighted by molar-refractivity contribution is -0.128. The zero-order valence-electron chi connectivity index (χ0n) is 23.3. The van der Waals surface area contributed by atoms with Crippen LogP contribution in [0.5, 0.6) is 0 Å². The lowest BCUT2D eigenvalue weighted by Crippen LogP contribution is -2.53. The highest BCUT2D eigenvalue weighted by atomic mass is 35.5. The molecule has 0 aliphatic carbocycles. The van der Waals surface area contributed by atoms with E-state index >= 15 is 4.39 Å². The molecule has 224 valence electrons. The molecule has 0 saturated carbocycles. The van der Waals surface area contributed by atoms with Crippen molar-refractivity contribution in [3.8, 4) is 0 Å². The molecule has 1 fully saturated rings. The molecule has 1 amide bonds. The number of hydrogen-bond donors (Lipinski definition) is 1. The maximum atomic E-state index is 16.2. The van der Waals surface area contributed by atoms with Crippen LogP contribution < -0.4 is 5.32 Å². The Labute approximate surface area is 259 Å². The molecule has 3 aromatic carbocycles. The summed E-state index contributed by atoms with van der Waals surface area (Å²) in [5.41, 5.74) is 2.47. The van der Waals surface area contributed by atoms with Crippen molar-refractivity contribution >= 4 is 51.8 Å². The van der Waals surface area contributed by atoms with Gasteiger partial charge in [0.05, 0.1) is 28.7 Å². The van der Waals surface area contributed by atoms with Crippen molar-refractivity contribution in [3.05, 3.63) is 93.0 Å². The van der Waals surface area contributed by atoms with Gasteiger partial charge in [-0.05, 0) is 54.3 Å². The Hall–Kier alpha value is -3.46. The number of nitrogens with one attached hydrogen (secondary N) is 1. The Bertz CT molecular complexity index is 1790. The number of aryl methyl sites for hydroxylation is 1. The zero-order valence-corrected chi connectivity index (χ0v) is 24.8. The minimum Gasteiger partial charge on any atom is -0.465 e. The van der Waals surface area contributed by atoms with Crippen molar-refractivity contribution in [1.82, 2.24) is 14.5 Å². The van der Waals surface area contributed by atoms with Gasteiger partial charge < -0.3 is 14.6 Å². The quantitative estimate of drug-likeness (QED) is 0.241. The van der Waals surface area contributed by atoms with Gasteiger partial charge in [-0.2, -0.15) is 0 Å². The third kappa shape index (κ3) is 4.14. The number of aromatic nitrogens is 2. The smallest absolute Gasteiger partial charge is 0.337 e. The molecule has 7 rings (SSSR count). The first-order valence-electron chi connectivity index (χ1n) is 14.1. The van der Waals surface area contributed by atoms with E-state index in [4.69, 9.17) is 32.9 Å². The first-order valence-corrected chi connectivity index (χ1v) is 14.8. The SMILES string of the molecule is C.COC(=O)c1ccc2c(c1)nc1n2CC[C@H]2[C@@H]1[C@H](c1cccc(Cl)c1F)[C@]1(C(=O)Nc3cc(Cl)ccc31)N2CC(C)C. The summed E-state index contributed by atoms with van der Waals surface area (Å²) in [4.78, 5) is 34.2. The van der Waals surface area contributed by atoms with Crippen molar-refractivity contribution < 1.29 is 18.7 Å². The highest BCUT2D eigenvalue weighted by Crippen LogP contribution is 2.64. The number of carbonyl (C=O) groups is 2. The fourth-order valence-electron chi connectivity index (χ4n) is 7.65. The van der Waals surface area contributed by atoms with E-state index in [0.717, 1.165) is 23.3 Å². The monoisotopic (exact) mass is 622 g/mol. The van der Waals surface area contributed by atoms with Crippen molar-refractivity contribution in [2.75, 3.05) is 19.0 Å². The molecule has 1 aromatic heterocycles. The third-order valence-corrected chi connectivity index (χ3v) is 9.61. The van der Waals surface area contributed by atoms with Crippen LogP contribution in [0.1, 0.15) is 66.8 Å². The van der Waals surface area contributed by atoms with Gasteiger partial charge in [-0.1, -0.05) is 62.7 Å². The van der Waals surface area contributed by atoms with Crippen LogP contribution in [0, 0.1) is 11.7 Å². The minimum atomic E-state index is -1.23. The number of amides is 1. The number of rotatable bonds is 4. The van der Waals surface area contributed by atoms with E-state index in [1.54, 1.807) is 36.4 Å². The summed E-state index contributed by atoms with van der Waals surface area (Å²) in [6.45, 7) is 5.52. The van der Waals surface area contributed by atoms with Crippen molar-refractivity contribution in [3.63, 3.8) is 0 Å². The predicted molar refractivity (Wildman–Crippen MR) is 166 cm³/mol. The molecule has 0 radical (unpaired) electrons. The predicted octanol–water partition coefficient (Wildman–Crippen LogP) is 7.36. The van der Waals surface area contributed by atoms with Crippen LogP contribution in [0.3, 0.4) is 0 Å². The summed E-state index contributed by atoms with van der Waals surface area (Å²) >= 11 is 12.8. The van der Waals surface area contributed by atoms with Gasteiger partial charge in [0, 0.05) is 47.2 Å². The van der Waals surface area contributed by atoms with Gasteiger partial charge in [-0.25, -0.2) is 14.2 Å². The molecule has 3 aliphatic heterocycles. The second-order valence-corrected chi connectivity index (χ2v) is 12.6. The first kappa shape index (κ1) is 29.6. The molecule has 0 bridgehead atoms. The molecule has 10 heteroatoms. The van der Waals surface area contributed by atoms with Gasteiger partial charge in [0.2, 0.25) is 5.91 Å². The van der Waals surface area contributed by atoms with Gasteiger partial charge in [0.25, 0.3) is 0 Å². The van der Waals surface area contributed by atoms with E-state index < -0.39 is 23.2 Å². The van der Waals surface area contributed by atoms with Gasteiger partial charge in [0.15, 0.2) is 0 Å². The summed E-state index contributed by atoms with van der Waals surface area (Å²) in [6.07, 6.45) is 0.727. The zero-order chi connectivity index (χ0) is 29.5. The summed E-state index contributed by atoms with van der Waals surface area (Å²) in [6, 6.07) is 15.7. The molecule has 4 heterocycles. The van der Waals surface area contributed by atoms with Gasteiger partial charge in [-0.3, -0.25) is 9.69 Å². The van der Waals surface area contributed by atoms with E-state index in [0.29, 0.717) is 40.4 Å². The number of esters is 1. The largest absolute Gasteiger partial charge is 0.465 e. The molecule has 1 N–H and O–H groups in total. The van der Waals surface area contributed by atoms with E-state index in [1.807, 2.05) is 12.1 Å². The van der Waals surface area contributed by atoms with Crippen LogP contribution in [0.15, 0.2) is 54.6 Å². The van der Waals surface area contributed by atoms with Crippen LogP contribution in [-0.4, -0.2) is 46.0 Å². The fourth-order valence-corrected chi connectivity index (χ4v) is 8.01. The average molecular weight is 624 g/mol. The standard InChI is InChI=1S/C32H29Cl2FN4O3.CH4/c1-16(2)15-39-25-11-12-38-24-10-7-17(30(40)42-3)13-23(24)36-29(38)26(25)27(19-5-4-6-21(34)28(19)35)32(39)20-9-8-18(33)14-22(20)37-31(32)41;/h4-10,13-14,16,25-27H,11-12,15H2,1-3H3,(H,37,41);1H4/t25-,26+,27-,32+;/m0./s1. The van der Waals surface area contributed by atoms with Gasteiger partial charge >= 0.3 is 5.97 Å². The second kappa shape index (κ2) is 10.6. The molecule has 4 atom stereocenters. The van der Waals surface area contributed by atoms with E-state index in [9.17, 15) is 9.59 Å². The van der Waals surface area contributed by atoms with E-state index in [-0.39, 0.29) is 36.2 Å². The normalized spacial score (nSPS) is 24.1. The number of fused-ring (bicyclic) bond motifs is 7. The number of anilines is 1. The molecule has 1 spiro atoms. The molecule has 1 saturated heterocycles. The number of methoxy groups -OCH3 is 1. The Morgan fingerprint density at radius 2 is 1.98 bits per heavy atom. The van der Waals surface area contributed by atoms with Crippen molar-refractivity contribution in [2.24, 2.45) is 5.92 Å². The van der Waals surface area contributed by atoms with Crippen LogP contribution in [0.2, 0.25) is 10.0 Å². The highest BCUT2D eigenvalue weighted by Gasteiger charge is 2.68. The molecule has 43 heavy (non-hydrogen) atoms. The van der Waals surface area contributed by atoms with E-state index in [2.05, 4.69) is 28.6 Å². The van der Waals surface area contributed by atoms with Crippen LogP contribution in [0.4, 0.5) is 10.1 Å². The van der Waals surface area contributed by atoms with Crippen LogP contribution >= 0.6 is 23.2 Å². The van der Waals surface area contributed by atoms with E-state index in [1.165, 1.54) is 13.2 Å². The Morgan fingerprint density at radius 3 is 2.72 bits per heavy atom. The number of imidazole rings is 1. The molecule has 0 unspecified atom stereocenters. The second-order valence-electron chi connectivity index (χ2n) is 11.8.